The summed E-state index contributed by atoms with van der Waals surface area (Å²) in [5.74, 6) is -0.409. The summed E-state index contributed by atoms with van der Waals surface area (Å²) in [7, 11) is -4.12. The van der Waals surface area contributed by atoms with Crippen LogP contribution in [0.2, 0.25) is 5.02 Å². The number of amides is 1. The Labute approximate surface area is 189 Å². The maximum atomic E-state index is 13.7. The van der Waals surface area contributed by atoms with Gasteiger partial charge in [0.05, 0.1) is 17.3 Å². The zero-order valence-electron chi connectivity index (χ0n) is 16.6. The maximum Gasteiger partial charge on any atom is 0.266 e. The number of nitrogens with zero attached hydrogens (tertiary/aromatic N) is 3. The van der Waals surface area contributed by atoms with Gasteiger partial charge in [0.2, 0.25) is 5.95 Å². The van der Waals surface area contributed by atoms with Crippen molar-refractivity contribution in [3.63, 3.8) is 0 Å². The van der Waals surface area contributed by atoms with Crippen molar-refractivity contribution in [1.29, 1.82) is 0 Å². The molecule has 0 saturated carbocycles. The fourth-order valence-corrected chi connectivity index (χ4v) is 5.02. The number of carbonyl (C=O) groups is 1. The molecule has 10 heteroatoms. The molecule has 0 atom stereocenters. The van der Waals surface area contributed by atoms with Crippen LogP contribution in [0.15, 0.2) is 90.1 Å². The smallest absolute Gasteiger partial charge is 0.266 e. The number of aromatic amines is 1. The number of H-pyrrole nitrogens is 1. The van der Waals surface area contributed by atoms with Gasteiger partial charge in [0.15, 0.2) is 0 Å². The van der Waals surface area contributed by atoms with Crippen molar-refractivity contribution >= 4 is 39.2 Å². The second-order valence-corrected chi connectivity index (χ2v) is 9.00. The van der Waals surface area contributed by atoms with E-state index in [1.54, 1.807) is 30.3 Å². The van der Waals surface area contributed by atoms with E-state index in [9.17, 15) is 13.2 Å². The lowest BCUT2D eigenvalue weighted by atomic mass is 10.2. The Balaban J connectivity index is 1.74. The largest absolute Gasteiger partial charge is 0.291 e. The van der Waals surface area contributed by atoms with Crippen LogP contribution in [-0.4, -0.2) is 29.5 Å². The number of rotatable bonds is 7. The highest BCUT2D eigenvalue weighted by Gasteiger charge is 2.28. The van der Waals surface area contributed by atoms with Gasteiger partial charge < -0.3 is 0 Å². The molecule has 0 aliphatic rings. The van der Waals surface area contributed by atoms with Crippen LogP contribution in [0.1, 0.15) is 15.9 Å². The van der Waals surface area contributed by atoms with E-state index in [2.05, 4.69) is 20.5 Å². The molecule has 1 amide bonds. The van der Waals surface area contributed by atoms with E-state index < -0.39 is 15.9 Å². The van der Waals surface area contributed by atoms with Crippen LogP contribution in [0.3, 0.4) is 0 Å². The minimum absolute atomic E-state index is 0.00945. The van der Waals surface area contributed by atoms with Crippen LogP contribution in [-0.2, 0) is 16.6 Å². The first-order chi connectivity index (χ1) is 15.4. The van der Waals surface area contributed by atoms with Crippen LogP contribution in [0.25, 0.3) is 0 Å². The average molecular weight is 468 g/mol. The first-order valence-electron chi connectivity index (χ1n) is 9.53. The SMILES string of the molecule is O=C(Nc1ncn[nH]1)c1ccc(Cl)c(S(=O)(=O)N(Cc2ccccc2)c2ccccc2)c1. The highest BCUT2D eigenvalue weighted by Crippen LogP contribution is 2.31. The molecule has 4 rings (SSSR count). The number of sulfonamides is 1. The van der Waals surface area contributed by atoms with Gasteiger partial charge in [-0.3, -0.25) is 14.4 Å². The molecule has 1 heterocycles. The number of halogens is 1. The predicted molar refractivity (Wildman–Crippen MR) is 122 cm³/mol. The third-order valence-electron chi connectivity index (χ3n) is 4.62. The molecule has 0 saturated heterocycles. The number of benzene rings is 3. The summed E-state index contributed by atoms with van der Waals surface area (Å²) >= 11 is 6.30. The van der Waals surface area contributed by atoms with Gasteiger partial charge in [-0.1, -0.05) is 60.1 Å². The number of carbonyl (C=O) groups excluding carboxylic acids is 1. The Morgan fingerprint density at radius 3 is 2.34 bits per heavy atom. The molecule has 4 aromatic rings. The first-order valence-corrected chi connectivity index (χ1v) is 11.3. The molecule has 8 nitrogen and oxygen atoms in total. The predicted octanol–water partition coefficient (Wildman–Crippen LogP) is 4.11. The third-order valence-corrected chi connectivity index (χ3v) is 6.88. The highest BCUT2D eigenvalue weighted by molar-refractivity contribution is 7.93. The fourth-order valence-electron chi connectivity index (χ4n) is 3.06. The van der Waals surface area contributed by atoms with Crippen molar-refractivity contribution in [1.82, 2.24) is 15.2 Å². The molecular formula is C22H18ClN5O3S. The Hall–Kier alpha value is -3.69. The molecule has 0 radical (unpaired) electrons. The van der Waals surface area contributed by atoms with Crippen LogP contribution in [0, 0.1) is 0 Å². The van der Waals surface area contributed by atoms with Gasteiger partial charge in [-0.15, -0.1) is 0 Å². The molecule has 0 fully saturated rings. The summed E-state index contributed by atoms with van der Waals surface area (Å²) in [6, 6.07) is 22.0. The highest BCUT2D eigenvalue weighted by atomic mass is 35.5. The summed E-state index contributed by atoms with van der Waals surface area (Å²) in [5.41, 5.74) is 1.39. The maximum absolute atomic E-state index is 13.7. The van der Waals surface area contributed by atoms with E-state index in [4.69, 9.17) is 11.6 Å². The first kappa shape index (κ1) is 21.5. The molecule has 0 spiro atoms. The van der Waals surface area contributed by atoms with Crippen molar-refractivity contribution < 1.29 is 13.2 Å². The zero-order chi connectivity index (χ0) is 22.6. The lowest BCUT2D eigenvalue weighted by Crippen LogP contribution is -2.31. The summed E-state index contributed by atoms with van der Waals surface area (Å²) in [5, 5.41) is 8.70. The van der Waals surface area contributed by atoms with Crippen molar-refractivity contribution in [2.24, 2.45) is 0 Å². The van der Waals surface area contributed by atoms with Gasteiger partial charge in [0.1, 0.15) is 11.2 Å². The summed E-state index contributed by atoms with van der Waals surface area (Å²) in [6.45, 7) is 0.0952. The van der Waals surface area contributed by atoms with Gasteiger partial charge in [-0.25, -0.2) is 13.5 Å². The van der Waals surface area contributed by atoms with E-state index in [0.717, 1.165) is 5.56 Å². The Bertz CT molecular complexity index is 1310. The van der Waals surface area contributed by atoms with Gasteiger partial charge in [-0.2, -0.15) is 10.1 Å². The quantitative estimate of drug-likeness (QED) is 0.425. The second kappa shape index (κ2) is 9.21. The third kappa shape index (κ3) is 4.63. The lowest BCUT2D eigenvalue weighted by molar-refractivity contribution is 0.102. The van der Waals surface area contributed by atoms with Gasteiger partial charge >= 0.3 is 0 Å². The number of hydrogen-bond acceptors (Lipinski definition) is 5. The average Bonchev–Trinajstić information content (AvgIpc) is 3.32. The molecular weight excluding hydrogens is 450 g/mol. The molecule has 2 N–H and O–H groups in total. The molecule has 32 heavy (non-hydrogen) atoms. The number of hydrogen-bond donors (Lipinski definition) is 2. The van der Waals surface area contributed by atoms with Crippen LogP contribution < -0.4 is 9.62 Å². The van der Waals surface area contributed by atoms with Crippen molar-refractivity contribution in [3.8, 4) is 0 Å². The number of aromatic nitrogens is 3. The molecule has 0 aliphatic heterocycles. The molecule has 0 aliphatic carbocycles. The van der Waals surface area contributed by atoms with Crippen LogP contribution in [0.4, 0.5) is 11.6 Å². The molecule has 0 unspecified atom stereocenters. The van der Waals surface area contributed by atoms with Crippen LogP contribution >= 0.6 is 11.6 Å². The van der Waals surface area contributed by atoms with Crippen molar-refractivity contribution in [2.75, 3.05) is 9.62 Å². The van der Waals surface area contributed by atoms with E-state index in [-0.39, 0.29) is 28.0 Å². The fraction of sp³-hybridized carbons (Fsp3) is 0.0455. The number of anilines is 2. The monoisotopic (exact) mass is 467 g/mol. The topological polar surface area (TPSA) is 108 Å². The van der Waals surface area contributed by atoms with Crippen molar-refractivity contribution in [3.05, 3.63) is 101 Å². The van der Waals surface area contributed by atoms with Gasteiger partial charge in [0.25, 0.3) is 15.9 Å². The van der Waals surface area contributed by atoms with E-state index in [0.29, 0.717) is 5.69 Å². The second-order valence-electron chi connectivity index (χ2n) is 6.77. The number of nitrogens with one attached hydrogen (secondary N) is 2. The van der Waals surface area contributed by atoms with Crippen molar-refractivity contribution in [2.45, 2.75) is 11.4 Å². The molecule has 162 valence electrons. The Kier molecular flexibility index (Phi) is 6.20. The minimum atomic E-state index is -4.12. The van der Waals surface area contributed by atoms with E-state index in [1.807, 2.05) is 30.3 Å². The summed E-state index contributed by atoms with van der Waals surface area (Å²) < 4.78 is 28.7. The number of para-hydroxylation sites is 1. The minimum Gasteiger partial charge on any atom is -0.291 e. The van der Waals surface area contributed by atoms with E-state index >= 15 is 0 Å². The van der Waals surface area contributed by atoms with E-state index in [1.165, 1.54) is 28.8 Å². The molecule has 3 aromatic carbocycles. The zero-order valence-corrected chi connectivity index (χ0v) is 18.2. The summed E-state index contributed by atoms with van der Waals surface area (Å²) in [6.07, 6.45) is 1.24. The Morgan fingerprint density at radius 1 is 1.00 bits per heavy atom. The lowest BCUT2D eigenvalue weighted by Gasteiger charge is -2.25. The van der Waals surface area contributed by atoms with Gasteiger partial charge in [-0.05, 0) is 35.9 Å². The standard InChI is InChI=1S/C22H18ClN5O3S/c23-19-12-11-17(21(29)26-22-24-15-25-27-22)13-20(19)32(30,31)28(18-9-5-2-6-10-18)14-16-7-3-1-4-8-16/h1-13,15H,14H2,(H2,24,25,26,27,29). The Morgan fingerprint density at radius 2 is 1.69 bits per heavy atom. The van der Waals surface area contributed by atoms with Gasteiger partial charge in [0, 0.05) is 5.56 Å². The van der Waals surface area contributed by atoms with Crippen LogP contribution in [0.5, 0.6) is 0 Å². The summed E-state index contributed by atoms with van der Waals surface area (Å²) in [4.78, 5) is 16.2. The normalized spacial score (nSPS) is 11.2. The molecule has 1 aromatic heterocycles. The molecule has 0 bridgehead atoms.